The number of amides is 1. The van der Waals surface area contributed by atoms with E-state index in [0.29, 0.717) is 31.8 Å². The molecule has 0 aliphatic carbocycles. The van der Waals surface area contributed by atoms with Crippen molar-refractivity contribution < 1.29 is 14.3 Å². The van der Waals surface area contributed by atoms with Gasteiger partial charge in [-0.05, 0) is 30.9 Å². The second-order valence-electron chi connectivity index (χ2n) is 7.56. The van der Waals surface area contributed by atoms with E-state index in [-0.39, 0.29) is 12.5 Å². The Morgan fingerprint density at radius 3 is 2.41 bits per heavy atom. The smallest absolute Gasteiger partial charge is 0.241 e. The largest absolute Gasteiger partial charge is 0.381 e. The van der Waals surface area contributed by atoms with Gasteiger partial charge in [0, 0.05) is 33.9 Å². The van der Waals surface area contributed by atoms with Crippen LogP contribution in [0.25, 0.3) is 0 Å². The number of ether oxygens (including phenoxy) is 2. The highest BCUT2D eigenvalue weighted by Gasteiger charge is 2.13. The summed E-state index contributed by atoms with van der Waals surface area (Å²) in [7, 11) is 3.46. The van der Waals surface area contributed by atoms with Gasteiger partial charge in [0.1, 0.15) is 0 Å². The molecule has 160 valence electrons. The van der Waals surface area contributed by atoms with Crippen molar-refractivity contribution in [1.29, 1.82) is 0 Å². The van der Waals surface area contributed by atoms with E-state index < -0.39 is 0 Å². The van der Waals surface area contributed by atoms with Crippen molar-refractivity contribution in [2.75, 3.05) is 40.4 Å². The first-order valence-electron chi connectivity index (χ1n) is 10.1. The summed E-state index contributed by atoms with van der Waals surface area (Å²) in [6.07, 6.45) is 2.23. The van der Waals surface area contributed by atoms with Crippen LogP contribution in [0, 0.1) is 0 Å². The molecule has 2 rings (SSSR count). The standard InChI is InChI=1S/C22H34N4O3/c1-17(2)13-23-22(25-15-21(27)26(3)4)24-14-18-5-7-19(8-6-18)16-29-20-9-11-28-12-10-20/h5-8,20H,1,9-16H2,2-4H3,(H2,23,24,25). The predicted molar refractivity (Wildman–Crippen MR) is 116 cm³/mol. The molecule has 1 aromatic carbocycles. The van der Waals surface area contributed by atoms with Crippen LogP contribution in [0.5, 0.6) is 0 Å². The molecular formula is C22H34N4O3. The van der Waals surface area contributed by atoms with Gasteiger partial charge in [0.25, 0.3) is 0 Å². The number of hydrogen-bond acceptors (Lipinski definition) is 4. The Hall–Kier alpha value is -2.38. The number of likely N-dealkylation sites (N-methyl/N-ethyl adjacent to an activating group) is 1. The molecule has 1 fully saturated rings. The van der Waals surface area contributed by atoms with Crippen molar-refractivity contribution in [3.8, 4) is 0 Å². The van der Waals surface area contributed by atoms with E-state index in [9.17, 15) is 4.79 Å². The van der Waals surface area contributed by atoms with Crippen LogP contribution < -0.4 is 10.6 Å². The van der Waals surface area contributed by atoms with Crippen LogP contribution in [-0.2, 0) is 27.4 Å². The summed E-state index contributed by atoms with van der Waals surface area (Å²) in [6.45, 7) is 9.34. The fraction of sp³-hybridized carbons (Fsp3) is 0.545. The lowest BCUT2D eigenvalue weighted by Gasteiger charge is -2.22. The highest BCUT2D eigenvalue weighted by atomic mass is 16.5. The molecule has 0 aromatic heterocycles. The van der Waals surface area contributed by atoms with E-state index in [2.05, 4.69) is 46.5 Å². The van der Waals surface area contributed by atoms with Crippen LogP contribution in [-0.4, -0.2) is 63.3 Å². The van der Waals surface area contributed by atoms with E-state index in [1.165, 1.54) is 0 Å². The Labute approximate surface area is 174 Å². The molecule has 1 aliphatic heterocycles. The van der Waals surface area contributed by atoms with Gasteiger partial charge in [0.2, 0.25) is 5.91 Å². The minimum atomic E-state index is -0.0105. The first-order chi connectivity index (χ1) is 13.9. The van der Waals surface area contributed by atoms with Gasteiger partial charge >= 0.3 is 0 Å². The van der Waals surface area contributed by atoms with Gasteiger partial charge in [-0.15, -0.1) is 0 Å². The molecule has 7 heteroatoms. The Morgan fingerprint density at radius 2 is 1.79 bits per heavy atom. The molecule has 7 nitrogen and oxygen atoms in total. The summed E-state index contributed by atoms with van der Waals surface area (Å²) >= 11 is 0. The van der Waals surface area contributed by atoms with Crippen molar-refractivity contribution in [2.24, 2.45) is 4.99 Å². The monoisotopic (exact) mass is 402 g/mol. The summed E-state index contributed by atoms with van der Waals surface area (Å²) in [4.78, 5) is 17.9. The Morgan fingerprint density at radius 1 is 1.17 bits per heavy atom. The third-order valence-corrected chi connectivity index (χ3v) is 4.56. The van der Waals surface area contributed by atoms with Crippen LogP contribution in [0.4, 0.5) is 0 Å². The van der Waals surface area contributed by atoms with Gasteiger partial charge < -0.3 is 25.0 Å². The molecule has 0 spiro atoms. The van der Waals surface area contributed by atoms with Crippen molar-refractivity contribution in [1.82, 2.24) is 15.5 Å². The lowest BCUT2D eigenvalue weighted by atomic mass is 10.1. The number of carbonyl (C=O) groups excluding carboxylic acids is 1. The maximum atomic E-state index is 11.8. The van der Waals surface area contributed by atoms with Gasteiger partial charge in [-0.25, -0.2) is 4.99 Å². The number of aliphatic imine (C=N–C) groups is 1. The van der Waals surface area contributed by atoms with Gasteiger partial charge in [-0.1, -0.05) is 36.4 Å². The van der Waals surface area contributed by atoms with Gasteiger partial charge in [0.05, 0.1) is 25.8 Å². The Balaban J connectivity index is 1.86. The molecule has 0 bridgehead atoms. The minimum Gasteiger partial charge on any atom is -0.381 e. The third-order valence-electron chi connectivity index (χ3n) is 4.56. The number of rotatable bonds is 9. The summed E-state index contributed by atoms with van der Waals surface area (Å²) in [5.74, 6) is 0.582. The topological polar surface area (TPSA) is 75.2 Å². The third kappa shape index (κ3) is 9.11. The van der Waals surface area contributed by atoms with Crippen LogP contribution in [0.2, 0.25) is 0 Å². The molecule has 29 heavy (non-hydrogen) atoms. The zero-order chi connectivity index (χ0) is 21.1. The maximum Gasteiger partial charge on any atom is 0.241 e. The van der Waals surface area contributed by atoms with Crippen LogP contribution in [0.15, 0.2) is 41.4 Å². The molecule has 0 unspecified atom stereocenters. The van der Waals surface area contributed by atoms with Crippen molar-refractivity contribution in [2.45, 2.75) is 39.0 Å². The van der Waals surface area contributed by atoms with Crippen LogP contribution in [0.3, 0.4) is 0 Å². The number of nitrogens with one attached hydrogen (secondary N) is 2. The number of hydrogen-bond donors (Lipinski definition) is 2. The molecule has 0 radical (unpaired) electrons. The summed E-state index contributed by atoms with van der Waals surface area (Å²) in [6, 6.07) is 8.28. The number of nitrogens with zero attached hydrogens (tertiary/aromatic N) is 2. The second-order valence-corrected chi connectivity index (χ2v) is 7.56. The van der Waals surface area contributed by atoms with Crippen LogP contribution >= 0.6 is 0 Å². The zero-order valence-corrected chi connectivity index (χ0v) is 17.9. The molecule has 1 aromatic rings. The van der Waals surface area contributed by atoms with Crippen molar-refractivity contribution in [3.05, 3.63) is 47.5 Å². The quantitative estimate of drug-likeness (QED) is 0.376. The van der Waals surface area contributed by atoms with E-state index in [1.807, 2.05) is 6.92 Å². The van der Waals surface area contributed by atoms with Gasteiger partial charge in [0.15, 0.2) is 5.96 Å². The van der Waals surface area contributed by atoms with E-state index in [1.54, 1.807) is 19.0 Å². The fourth-order valence-electron chi connectivity index (χ4n) is 2.69. The zero-order valence-electron chi connectivity index (χ0n) is 17.9. The summed E-state index contributed by atoms with van der Waals surface area (Å²) in [5, 5.41) is 6.26. The average Bonchev–Trinajstić information content (AvgIpc) is 2.72. The molecule has 1 amide bonds. The molecule has 1 aliphatic rings. The average molecular weight is 403 g/mol. The molecular weight excluding hydrogens is 368 g/mol. The SMILES string of the molecule is C=C(C)CNC(=NCc1ccc(COC2CCOCC2)cc1)NCC(=O)N(C)C. The lowest BCUT2D eigenvalue weighted by Crippen LogP contribution is -2.43. The Kier molecular flexibility index (Phi) is 9.67. The number of carbonyl (C=O) groups is 1. The van der Waals surface area contributed by atoms with Gasteiger partial charge in [-0.2, -0.15) is 0 Å². The minimum absolute atomic E-state index is 0.0105. The molecule has 1 heterocycles. The first kappa shape index (κ1) is 22.9. The summed E-state index contributed by atoms with van der Waals surface area (Å²) < 4.78 is 11.3. The highest BCUT2D eigenvalue weighted by molar-refractivity contribution is 5.86. The molecule has 2 N–H and O–H groups in total. The normalized spacial score (nSPS) is 15.1. The van der Waals surface area contributed by atoms with E-state index in [0.717, 1.165) is 42.8 Å². The molecule has 0 saturated carbocycles. The van der Waals surface area contributed by atoms with E-state index in [4.69, 9.17) is 9.47 Å². The van der Waals surface area contributed by atoms with Crippen molar-refractivity contribution in [3.63, 3.8) is 0 Å². The van der Waals surface area contributed by atoms with E-state index >= 15 is 0 Å². The fourth-order valence-corrected chi connectivity index (χ4v) is 2.69. The van der Waals surface area contributed by atoms with Crippen molar-refractivity contribution >= 4 is 11.9 Å². The first-order valence-corrected chi connectivity index (χ1v) is 10.1. The second kappa shape index (κ2) is 12.2. The summed E-state index contributed by atoms with van der Waals surface area (Å²) in [5.41, 5.74) is 3.24. The predicted octanol–water partition coefficient (Wildman–Crippen LogP) is 2.08. The highest BCUT2D eigenvalue weighted by Crippen LogP contribution is 2.14. The number of guanidine groups is 1. The maximum absolute atomic E-state index is 11.8. The molecule has 0 atom stereocenters. The molecule has 1 saturated heterocycles. The van der Waals surface area contributed by atoms with Crippen LogP contribution in [0.1, 0.15) is 30.9 Å². The van der Waals surface area contributed by atoms with Gasteiger partial charge in [-0.3, -0.25) is 4.79 Å². The number of benzene rings is 1. The Bertz CT molecular complexity index is 680. The lowest BCUT2D eigenvalue weighted by molar-refractivity contribution is -0.127.